The van der Waals surface area contributed by atoms with Gasteiger partial charge in [0.2, 0.25) is 29.5 Å². The molecule has 0 aliphatic carbocycles. The van der Waals surface area contributed by atoms with Gasteiger partial charge in [0.15, 0.2) is 0 Å². The van der Waals surface area contributed by atoms with Crippen LogP contribution in [0.2, 0.25) is 0 Å². The molecular formula is C25H40N6O8. The van der Waals surface area contributed by atoms with E-state index in [1.807, 2.05) is 0 Å². The Morgan fingerprint density at radius 1 is 0.769 bits per heavy atom. The Morgan fingerprint density at radius 2 is 1.36 bits per heavy atom. The third-order valence-corrected chi connectivity index (χ3v) is 7.56. The summed E-state index contributed by atoms with van der Waals surface area (Å²) in [6.45, 7) is 5.51. The van der Waals surface area contributed by atoms with E-state index in [4.69, 9.17) is 0 Å². The first kappa shape index (κ1) is 30.3. The van der Waals surface area contributed by atoms with Crippen molar-refractivity contribution in [2.45, 2.75) is 102 Å². The fraction of sp³-hybridized carbons (Fsp3) is 0.760. The standard InChI is InChI=1S/C25H40N6O8/c1-13(27-21(34)16-7-4-10-26-16)20(33)29-19(15(3)32)24(37)30-11-5-8-17(30)22(35)28-14(2)23(36)31-12-6-9-18(31)25(38)39/h13-19,26,32H,4-12H2,1-3H3,(H,27,34)(H,28,35)(H,29,33)(H,38,39)/t13-,14-,15+,16-,17-,18-,19-/m0/s1. The fourth-order valence-corrected chi connectivity index (χ4v) is 5.34. The van der Waals surface area contributed by atoms with Crippen molar-refractivity contribution in [3.05, 3.63) is 0 Å². The Labute approximate surface area is 227 Å². The smallest absolute Gasteiger partial charge is 0.326 e. The second-order valence-electron chi connectivity index (χ2n) is 10.6. The monoisotopic (exact) mass is 552 g/mol. The van der Waals surface area contributed by atoms with Gasteiger partial charge in [-0.2, -0.15) is 0 Å². The van der Waals surface area contributed by atoms with Gasteiger partial charge in [-0.1, -0.05) is 0 Å². The van der Waals surface area contributed by atoms with Crippen molar-refractivity contribution in [2.24, 2.45) is 0 Å². The normalized spacial score (nSPS) is 25.9. The lowest BCUT2D eigenvalue weighted by Crippen LogP contribution is -2.60. The molecule has 0 bridgehead atoms. The summed E-state index contributed by atoms with van der Waals surface area (Å²) < 4.78 is 0. The van der Waals surface area contributed by atoms with Crippen LogP contribution in [0.15, 0.2) is 0 Å². The number of carboxylic acid groups (broad SMARTS) is 1. The van der Waals surface area contributed by atoms with Crippen LogP contribution in [0.25, 0.3) is 0 Å². The summed E-state index contributed by atoms with van der Waals surface area (Å²) in [4.78, 5) is 78.3. The number of likely N-dealkylation sites (tertiary alicyclic amines) is 2. The Morgan fingerprint density at radius 3 is 1.92 bits per heavy atom. The average Bonchev–Trinajstić information content (AvgIpc) is 3.67. The zero-order valence-corrected chi connectivity index (χ0v) is 22.6. The molecule has 3 saturated heterocycles. The number of aliphatic hydroxyl groups is 1. The molecule has 3 fully saturated rings. The van der Waals surface area contributed by atoms with Crippen LogP contribution in [0.3, 0.4) is 0 Å². The molecule has 218 valence electrons. The lowest BCUT2D eigenvalue weighted by Gasteiger charge is -2.31. The van der Waals surface area contributed by atoms with E-state index in [9.17, 15) is 39.0 Å². The van der Waals surface area contributed by atoms with Crippen LogP contribution < -0.4 is 21.3 Å². The summed E-state index contributed by atoms with van der Waals surface area (Å²) in [5, 5.41) is 30.4. The number of nitrogens with zero attached hydrogens (tertiary/aromatic N) is 2. The second kappa shape index (κ2) is 13.2. The second-order valence-corrected chi connectivity index (χ2v) is 10.6. The number of carbonyl (C=O) groups is 6. The molecule has 0 saturated carbocycles. The topological polar surface area (TPSA) is 197 Å². The first-order chi connectivity index (χ1) is 18.4. The molecule has 5 amide bonds. The van der Waals surface area contributed by atoms with Crippen LogP contribution in [-0.4, -0.2) is 118 Å². The van der Waals surface area contributed by atoms with Crippen LogP contribution in [0.5, 0.6) is 0 Å². The quantitative estimate of drug-likeness (QED) is 0.172. The van der Waals surface area contributed by atoms with Gasteiger partial charge in [0, 0.05) is 13.1 Å². The molecular weight excluding hydrogens is 512 g/mol. The van der Waals surface area contributed by atoms with E-state index in [1.54, 1.807) is 0 Å². The molecule has 0 unspecified atom stereocenters. The van der Waals surface area contributed by atoms with E-state index in [0.717, 1.165) is 13.0 Å². The van der Waals surface area contributed by atoms with Gasteiger partial charge in [0.05, 0.1) is 12.1 Å². The summed E-state index contributed by atoms with van der Waals surface area (Å²) in [6, 6.07) is -5.55. The van der Waals surface area contributed by atoms with Gasteiger partial charge in [-0.15, -0.1) is 0 Å². The Balaban J connectivity index is 1.60. The van der Waals surface area contributed by atoms with Crippen molar-refractivity contribution in [1.29, 1.82) is 0 Å². The van der Waals surface area contributed by atoms with Crippen molar-refractivity contribution >= 4 is 35.5 Å². The van der Waals surface area contributed by atoms with Gasteiger partial charge in [-0.3, -0.25) is 24.0 Å². The SMILES string of the molecule is C[C@H](NC(=O)[C@@H]1CCCN1)C(=O)N[C@H](C(=O)N1CCC[C@H]1C(=O)N[C@@H](C)C(=O)N1CCC[C@H]1C(=O)O)[C@@H](C)O. The summed E-state index contributed by atoms with van der Waals surface area (Å²) in [5.41, 5.74) is 0. The minimum atomic E-state index is -1.35. The van der Waals surface area contributed by atoms with Crippen LogP contribution in [0, 0.1) is 0 Å². The van der Waals surface area contributed by atoms with Crippen LogP contribution in [0.4, 0.5) is 0 Å². The van der Waals surface area contributed by atoms with Crippen molar-refractivity contribution in [2.75, 3.05) is 19.6 Å². The lowest BCUT2D eigenvalue weighted by molar-refractivity contribution is -0.149. The largest absolute Gasteiger partial charge is 0.480 e. The number of hydrogen-bond acceptors (Lipinski definition) is 8. The van der Waals surface area contributed by atoms with Crippen molar-refractivity contribution < 1.29 is 39.0 Å². The molecule has 14 heteroatoms. The van der Waals surface area contributed by atoms with Crippen molar-refractivity contribution in [1.82, 2.24) is 31.1 Å². The summed E-state index contributed by atoms with van der Waals surface area (Å²) in [6.07, 6.45) is 1.96. The molecule has 0 aromatic carbocycles. The zero-order chi connectivity index (χ0) is 28.9. The molecule has 0 aromatic rings. The van der Waals surface area contributed by atoms with Gasteiger partial charge in [0.1, 0.15) is 30.2 Å². The number of amides is 5. The number of nitrogens with one attached hydrogen (secondary N) is 4. The van der Waals surface area contributed by atoms with Gasteiger partial charge < -0.3 is 41.3 Å². The summed E-state index contributed by atoms with van der Waals surface area (Å²) in [7, 11) is 0. The number of carbonyl (C=O) groups excluding carboxylic acids is 5. The molecule has 0 spiro atoms. The van der Waals surface area contributed by atoms with Gasteiger partial charge >= 0.3 is 5.97 Å². The highest BCUT2D eigenvalue weighted by Gasteiger charge is 2.41. The van der Waals surface area contributed by atoms with Crippen molar-refractivity contribution in [3.8, 4) is 0 Å². The Hall–Kier alpha value is -3.26. The maximum absolute atomic E-state index is 13.4. The summed E-state index contributed by atoms with van der Waals surface area (Å²) >= 11 is 0. The van der Waals surface area contributed by atoms with E-state index in [-0.39, 0.29) is 25.0 Å². The van der Waals surface area contributed by atoms with Gasteiger partial charge in [-0.05, 0) is 65.8 Å². The fourth-order valence-electron chi connectivity index (χ4n) is 5.34. The maximum Gasteiger partial charge on any atom is 0.326 e. The third kappa shape index (κ3) is 7.24. The number of hydrogen-bond donors (Lipinski definition) is 6. The highest BCUT2D eigenvalue weighted by Crippen LogP contribution is 2.21. The van der Waals surface area contributed by atoms with E-state index in [1.165, 1.54) is 30.6 Å². The van der Waals surface area contributed by atoms with Crippen molar-refractivity contribution in [3.63, 3.8) is 0 Å². The molecule has 6 N–H and O–H groups in total. The molecule has 3 aliphatic heterocycles. The van der Waals surface area contributed by atoms with E-state index < -0.39 is 65.9 Å². The molecule has 3 heterocycles. The number of carboxylic acids is 1. The van der Waals surface area contributed by atoms with E-state index >= 15 is 0 Å². The first-order valence-electron chi connectivity index (χ1n) is 13.6. The number of rotatable bonds is 10. The minimum absolute atomic E-state index is 0.213. The minimum Gasteiger partial charge on any atom is -0.480 e. The third-order valence-electron chi connectivity index (χ3n) is 7.56. The summed E-state index contributed by atoms with van der Waals surface area (Å²) in [5.74, 6) is -3.81. The van der Waals surface area contributed by atoms with Gasteiger partial charge in [-0.25, -0.2) is 4.79 Å². The average molecular weight is 553 g/mol. The molecule has 3 aliphatic rings. The lowest BCUT2D eigenvalue weighted by atomic mass is 10.1. The molecule has 0 aromatic heterocycles. The molecule has 39 heavy (non-hydrogen) atoms. The Bertz CT molecular complexity index is 968. The van der Waals surface area contributed by atoms with Gasteiger partial charge in [0.25, 0.3) is 0 Å². The van der Waals surface area contributed by atoms with E-state index in [0.29, 0.717) is 32.1 Å². The molecule has 7 atom stereocenters. The van der Waals surface area contributed by atoms with E-state index in [2.05, 4.69) is 21.3 Å². The first-order valence-corrected chi connectivity index (χ1v) is 13.6. The highest BCUT2D eigenvalue weighted by atomic mass is 16.4. The number of aliphatic hydroxyl groups excluding tert-OH is 1. The molecule has 14 nitrogen and oxygen atoms in total. The predicted molar refractivity (Wildman–Crippen MR) is 137 cm³/mol. The Kier molecular flexibility index (Phi) is 10.2. The van der Waals surface area contributed by atoms with Crippen LogP contribution in [-0.2, 0) is 28.8 Å². The highest BCUT2D eigenvalue weighted by molar-refractivity contribution is 5.96. The zero-order valence-electron chi connectivity index (χ0n) is 22.6. The predicted octanol–water partition coefficient (Wildman–Crippen LogP) is -2.32. The maximum atomic E-state index is 13.4. The van der Waals surface area contributed by atoms with Crippen LogP contribution >= 0.6 is 0 Å². The number of aliphatic carboxylic acids is 1. The molecule has 3 rings (SSSR count). The molecule has 0 radical (unpaired) electrons. The van der Waals surface area contributed by atoms with Crippen LogP contribution in [0.1, 0.15) is 59.3 Å².